The molecule has 1 aromatic carbocycles. The molecule has 3 aromatic rings. The molecule has 0 saturated carbocycles. The Morgan fingerprint density at radius 2 is 1.92 bits per heavy atom. The summed E-state index contributed by atoms with van der Waals surface area (Å²) in [6.07, 6.45) is 4.67. The number of aromatic nitrogens is 3. The Balaban J connectivity index is 1.55. The minimum Gasteiger partial charge on any atom is -0.489 e. The van der Waals surface area contributed by atoms with E-state index in [9.17, 15) is 4.79 Å². The van der Waals surface area contributed by atoms with Crippen LogP contribution < -0.4 is 4.74 Å². The van der Waals surface area contributed by atoms with Crippen LogP contribution in [0, 0.1) is 13.8 Å². The van der Waals surface area contributed by atoms with Gasteiger partial charge in [-0.3, -0.25) is 9.97 Å². The average molecular weight is 339 g/mol. The fourth-order valence-corrected chi connectivity index (χ4v) is 2.18. The standard InChI is InChI=1S/C18H17N3O4/c1-12-17(13(2)25-21-12)11-23-16-5-3-14(4-6-16)18(22)24-10-15-9-19-7-8-20-15/h3-9H,10-11H2,1-2H3. The van der Waals surface area contributed by atoms with Gasteiger partial charge in [-0.1, -0.05) is 5.16 Å². The second-order valence-corrected chi connectivity index (χ2v) is 5.39. The second-order valence-electron chi connectivity index (χ2n) is 5.39. The van der Waals surface area contributed by atoms with Crippen molar-refractivity contribution in [1.29, 1.82) is 0 Å². The summed E-state index contributed by atoms with van der Waals surface area (Å²) in [4.78, 5) is 20.0. The fraction of sp³-hybridized carbons (Fsp3) is 0.222. The number of aryl methyl sites for hydroxylation is 2. The normalized spacial score (nSPS) is 10.5. The summed E-state index contributed by atoms with van der Waals surface area (Å²) in [6, 6.07) is 6.75. The number of hydrogen-bond acceptors (Lipinski definition) is 7. The van der Waals surface area contributed by atoms with Crippen LogP contribution in [0.3, 0.4) is 0 Å². The van der Waals surface area contributed by atoms with E-state index in [1.54, 1.807) is 42.9 Å². The average Bonchev–Trinajstić information content (AvgIpc) is 2.97. The molecule has 2 aromatic heterocycles. The Bertz CT molecular complexity index is 825. The van der Waals surface area contributed by atoms with Crippen LogP contribution in [-0.2, 0) is 18.0 Å². The molecule has 0 spiro atoms. The van der Waals surface area contributed by atoms with E-state index in [4.69, 9.17) is 14.0 Å². The first-order valence-corrected chi connectivity index (χ1v) is 7.70. The Kier molecular flexibility index (Phi) is 5.03. The SMILES string of the molecule is Cc1noc(C)c1COc1ccc(C(=O)OCc2cnccn2)cc1. The van der Waals surface area contributed by atoms with Crippen LogP contribution in [0.15, 0.2) is 47.4 Å². The Labute approximate surface area is 144 Å². The van der Waals surface area contributed by atoms with Gasteiger partial charge >= 0.3 is 5.97 Å². The van der Waals surface area contributed by atoms with Gasteiger partial charge in [-0.05, 0) is 38.1 Å². The van der Waals surface area contributed by atoms with E-state index in [0.717, 1.165) is 17.0 Å². The highest BCUT2D eigenvalue weighted by Crippen LogP contribution is 2.18. The molecule has 25 heavy (non-hydrogen) atoms. The highest BCUT2D eigenvalue weighted by Gasteiger charge is 2.11. The van der Waals surface area contributed by atoms with Crippen LogP contribution in [-0.4, -0.2) is 21.1 Å². The van der Waals surface area contributed by atoms with Gasteiger partial charge in [0, 0.05) is 12.4 Å². The van der Waals surface area contributed by atoms with Crippen molar-refractivity contribution in [3.63, 3.8) is 0 Å². The van der Waals surface area contributed by atoms with Gasteiger partial charge in [-0.25, -0.2) is 4.79 Å². The minimum atomic E-state index is -0.428. The molecule has 3 rings (SSSR count). The number of esters is 1. The number of benzene rings is 1. The van der Waals surface area contributed by atoms with E-state index in [-0.39, 0.29) is 6.61 Å². The predicted molar refractivity (Wildman–Crippen MR) is 87.9 cm³/mol. The van der Waals surface area contributed by atoms with Crippen molar-refractivity contribution in [3.05, 3.63) is 71.1 Å². The first kappa shape index (κ1) is 16.6. The molecule has 7 nitrogen and oxygen atoms in total. The summed E-state index contributed by atoms with van der Waals surface area (Å²) >= 11 is 0. The summed E-state index contributed by atoms with van der Waals surface area (Å²) in [5.41, 5.74) is 2.76. The Morgan fingerprint density at radius 1 is 1.12 bits per heavy atom. The molecule has 128 valence electrons. The summed E-state index contributed by atoms with van der Waals surface area (Å²) < 4.78 is 16.0. The lowest BCUT2D eigenvalue weighted by Crippen LogP contribution is -2.06. The molecule has 0 N–H and O–H groups in total. The van der Waals surface area contributed by atoms with E-state index in [2.05, 4.69) is 15.1 Å². The lowest BCUT2D eigenvalue weighted by Gasteiger charge is -2.07. The molecule has 2 heterocycles. The van der Waals surface area contributed by atoms with E-state index < -0.39 is 5.97 Å². The molecule has 0 unspecified atom stereocenters. The Hall–Kier alpha value is -3.22. The van der Waals surface area contributed by atoms with E-state index in [1.807, 2.05) is 13.8 Å². The lowest BCUT2D eigenvalue weighted by atomic mass is 10.2. The molecular formula is C18H17N3O4. The van der Waals surface area contributed by atoms with Crippen LogP contribution in [0.4, 0.5) is 0 Å². The minimum absolute atomic E-state index is 0.0803. The van der Waals surface area contributed by atoms with Crippen LogP contribution >= 0.6 is 0 Å². The number of carbonyl (C=O) groups is 1. The van der Waals surface area contributed by atoms with Crippen molar-refractivity contribution in [3.8, 4) is 5.75 Å². The number of ether oxygens (including phenoxy) is 2. The maximum Gasteiger partial charge on any atom is 0.338 e. The monoisotopic (exact) mass is 339 g/mol. The van der Waals surface area contributed by atoms with Gasteiger partial charge in [0.2, 0.25) is 0 Å². The van der Waals surface area contributed by atoms with Crippen molar-refractivity contribution in [1.82, 2.24) is 15.1 Å². The van der Waals surface area contributed by atoms with Gasteiger partial charge in [0.25, 0.3) is 0 Å². The van der Waals surface area contributed by atoms with Gasteiger partial charge in [0.15, 0.2) is 0 Å². The molecule has 0 fully saturated rings. The van der Waals surface area contributed by atoms with Crippen LogP contribution in [0.5, 0.6) is 5.75 Å². The van der Waals surface area contributed by atoms with E-state index in [0.29, 0.717) is 23.6 Å². The smallest absolute Gasteiger partial charge is 0.338 e. The highest BCUT2D eigenvalue weighted by molar-refractivity contribution is 5.89. The molecule has 0 aliphatic heterocycles. The number of rotatable bonds is 6. The fourth-order valence-electron chi connectivity index (χ4n) is 2.18. The molecule has 0 amide bonds. The zero-order valence-corrected chi connectivity index (χ0v) is 13.9. The van der Waals surface area contributed by atoms with Gasteiger partial charge in [-0.15, -0.1) is 0 Å². The maximum absolute atomic E-state index is 12.0. The van der Waals surface area contributed by atoms with Gasteiger partial charge in [0.1, 0.15) is 24.7 Å². The first-order valence-electron chi connectivity index (χ1n) is 7.70. The quantitative estimate of drug-likeness (QED) is 0.638. The third-order valence-electron chi connectivity index (χ3n) is 3.62. The topological polar surface area (TPSA) is 87.3 Å². The van der Waals surface area contributed by atoms with Gasteiger partial charge in [-0.2, -0.15) is 0 Å². The van der Waals surface area contributed by atoms with Crippen molar-refractivity contribution in [2.75, 3.05) is 0 Å². The van der Waals surface area contributed by atoms with Crippen molar-refractivity contribution >= 4 is 5.97 Å². The van der Waals surface area contributed by atoms with Crippen molar-refractivity contribution in [2.45, 2.75) is 27.1 Å². The summed E-state index contributed by atoms with van der Waals surface area (Å²) in [6.45, 7) is 4.15. The second kappa shape index (κ2) is 7.57. The largest absolute Gasteiger partial charge is 0.489 e. The molecule has 0 radical (unpaired) electrons. The lowest BCUT2D eigenvalue weighted by molar-refractivity contribution is 0.0467. The van der Waals surface area contributed by atoms with Crippen molar-refractivity contribution < 1.29 is 18.8 Å². The van der Waals surface area contributed by atoms with Crippen LogP contribution in [0.1, 0.15) is 33.1 Å². The number of nitrogens with zero attached hydrogens (tertiary/aromatic N) is 3. The molecule has 0 saturated heterocycles. The molecule has 0 aliphatic rings. The van der Waals surface area contributed by atoms with Crippen molar-refractivity contribution in [2.24, 2.45) is 0 Å². The van der Waals surface area contributed by atoms with Gasteiger partial charge in [0.05, 0.1) is 28.7 Å². The van der Waals surface area contributed by atoms with E-state index >= 15 is 0 Å². The zero-order valence-electron chi connectivity index (χ0n) is 13.9. The summed E-state index contributed by atoms with van der Waals surface area (Å²) in [7, 11) is 0. The van der Waals surface area contributed by atoms with Gasteiger partial charge < -0.3 is 14.0 Å². The summed E-state index contributed by atoms with van der Waals surface area (Å²) in [5, 5.41) is 3.89. The first-order chi connectivity index (χ1) is 12.1. The zero-order chi connectivity index (χ0) is 17.6. The predicted octanol–water partition coefficient (Wildman–Crippen LogP) is 3.02. The molecule has 0 atom stereocenters. The number of hydrogen-bond donors (Lipinski definition) is 0. The third kappa shape index (κ3) is 4.20. The van der Waals surface area contributed by atoms with Crippen LogP contribution in [0.2, 0.25) is 0 Å². The Morgan fingerprint density at radius 3 is 2.56 bits per heavy atom. The molecular weight excluding hydrogens is 322 g/mol. The molecule has 0 bridgehead atoms. The molecule has 7 heteroatoms. The maximum atomic E-state index is 12.0. The molecule has 0 aliphatic carbocycles. The van der Waals surface area contributed by atoms with Crippen LogP contribution in [0.25, 0.3) is 0 Å². The number of carbonyl (C=O) groups excluding carboxylic acids is 1. The highest BCUT2D eigenvalue weighted by atomic mass is 16.5. The van der Waals surface area contributed by atoms with E-state index in [1.165, 1.54) is 0 Å². The third-order valence-corrected chi connectivity index (χ3v) is 3.62. The summed E-state index contributed by atoms with van der Waals surface area (Å²) in [5.74, 6) is 0.954.